The molecule has 2 unspecified atom stereocenters. The summed E-state index contributed by atoms with van der Waals surface area (Å²) in [4.78, 5) is 37.8. The molecular weight excluding hydrogens is 521 g/mol. The lowest BCUT2D eigenvalue weighted by atomic mass is 10.1. The van der Waals surface area contributed by atoms with E-state index in [2.05, 4.69) is 25.1 Å². The van der Waals surface area contributed by atoms with Gasteiger partial charge in [-0.2, -0.15) is 0 Å². The molecule has 0 fully saturated rings. The SMILES string of the molecule is CCCOC(=O)C(C)(C)NP(=O)(COC(C)Cn1cnc2c(N)ncnc21)NC(=O)c1ccc(Cl)cc1. The number of nitrogens with two attached hydrogens (primary N) is 1. The Kier molecular flexibility index (Phi) is 9.25. The van der Waals surface area contributed by atoms with Crippen LogP contribution in [0.5, 0.6) is 0 Å². The predicted octanol–water partition coefficient (Wildman–Crippen LogP) is 3.37. The van der Waals surface area contributed by atoms with Crippen molar-refractivity contribution in [2.75, 3.05) is 18.7 Å². The number of imidazole rings is 1. The van der Waals surface area contributed by atoms with Crippen molar-refractivity contribution in [3.05, 3.63) is 47.5 Å². The van der Waals surface area contributed by atoms with Gasteiger partial charge < -0.3 is 19.8 Å². The van der Waals surface area contributed by atoms with Crippen molar-refractivity contribution < 1.29 is 23.6 Å². The van der Waals surface area contributed by atoms with Crippen LogP contribution in [-0.2, 0) is 25.4 Å². The summed E-state index contributed by atoms with van der Waals surface area (Å²) in [7, 11) is -3.84. The molecule has 12 nitrogen and oxygen atoms in total. The molecule has 37 heavy (non-hydrogen) atoms. The van der Waals surface area contributed by atoms with E-state index in [4.69, 9.17) is 26.8 Å². The third-order valence-corrected chi connectivity index (χ3v) is 7.47. The number of rotatable bonds is 12. The van der Waals surface area contributed by atoms with Crippen LogP contribution in [0.25, 0.3) is 11.2 Å². The van der Waals surface area contributed by atoms with E-state index in [1.807, 2.05) is 6.92 Å². The Labute approximate surface area is 219 Å². The average Bonchev–Trinajstić information content (AvgIpc) is 3.25. The molecule has 0 aliphatic heterocycles. The van der Waals surface area contributed by atoms with Crippen molar-refractivity contribution in [1.29, 1.82) is 0 Å². The third kappa shape index (κ3) is 7.48. The highest BCUT2D eigenvalue weighted by Gasteiger charge is 2.39. The summed E-state index contributed by atoms with van der Waals surface area (Å²) in [5.41, 5.74) is 5.70. The lowest BCUT2D eigenvalue weighted by Crippen LogP contribution is -2.49. The topological polar surface area (TPSA) is 163 Å². The summed E-state index contributed by atoms with van der Waals surface area (Å²) >= 11 is 5.91. The lowest BCUT2D eigenvalue weighted by Gasteiger charge is -2.31. The van der Waals surface area contributed by atoms with Crippen LogP contribution in [0.3, 0.4) is 0 Å². The Morgan fingerprint density at radius 1 is 1.22 bits per heavy atom. The molecule has 4 N–H and O–H groups in total. The van der Waals surface area contributed by atoms with Gasteiger partial charge in [-0.3, -0.25) is 19.2 Å². The number of ether oxygens (including phenoxy) is 2. The quantitative estimate of drug-likeness (QED) is 0.224. The van der Waals surface area contributed by atoms with Crippen LogP contribution in [0.2, 0.25) is 5.02 Å². The number of nitrogen functional groups attached to an aromatic ring is 1. The zero-order chi connectivity index (χ0) is 27.2. The molecule has 0 saturated carbocycles. The zero-order valence-corrected chi connectivity index (χ0v) is 22.8. The second-order valence-corrected chi connectivity index (χ2v) is 11.6. The lowest BCUT2D eigenvalue weighted by molar-refractivity contribution is -0.149. The summed E-state index contributed by atoms with van der Waals surface area (Å²) in [5, 5.41) is 5.76. The largest absolute Gasteiger partial charge is 0.464 e. The molecule has 3 rings (SSSR count). The summed E-state index contributed by atoms with van der Waals surface area (Å²) in [6.45, 7) is 7.20. The number of benzene rings is 1. The van der Waals surface area contributed by atoms with E-state index >= 15 is 0 Å². The Morgan fingerprint density at radius 2 is 1.92 bits per heavy atom. The van der Waals surface area contributed by atoms with Gasteiger partial charge in [-0.25, -0.2) is 20.0 Å². The van der Waals surface area contributed by atoms with Crippen LogP contribution < -0.4 is 15.9 Å². The Morgan fingerprint density at radius 3 is 2.59 bits per heavy atom. The van der Waals surface area contributed by atoms with Crippen LogP contribution in [0.4, 0.5) is 5.82 Å². The molecular formula is C23H31ClN7O5P. The number of esters is 1. The fraction of sp³-hybridized carbons (Fsp3) is 0.435. The van der Waals surface area contributed by atoms with E-state index < -0.39 is 37.3 Å². The van der Waals surface area contributed by atoms with Gasteiger partial charge >= 0.3 is 5.97 Å². The molecule has 0 aliphatic rings. The van der Waals surface area contributed by atoms with Crippen LogP contribution in [0.15, 0.2) is 36.9 Å². The number of hydrogen-bond acceptors (Lipinski definition) is 9. The number of nitrogens with zero attached hydrogens (tertiary/aromatic N) is 4. The van der Waals surface area contributed by atoms with Gasteiger partial charge in [0.05, 0.1) is 25.6 Å². The summed E-state index contributed by atoms with van der Waals surface area (Å²) in [6, 6.07) is 6.10. The molecule has 0 spiro atoms. The van der Waals surface area contributed by atoms with E-state index in [-0.39, 0.29) is 18.0 Å². The van der Waals surface area contributed by atoms with Crippen LogP contribution >= 0.6 is 19.0 Å². The minimum absolute atomic E-state index is 0.214. The van der Waals surface area contributed by atoms with Crippen molar-refractivity contribution >= 4 is 47.9 Å². The standard InChI is InChI=1S/C23H31ClN7O5P/c1-5-10-35-22(33)23(3,4)30-37(34,29-21(32)16-6-8-17(24)9-7-16)14-36-15(2)11-31-13-28-18-19(25)26-12-27-20(18)31/h6-9,12-13,15H,5,10-11,14H2,1-4H3,(H2,25,26,27)(H2,29,30,32,34). The molecule has 2 atom stereocenters. The summed E-state index contributed by atoms with van der Waals surface area (Å²) < 4.78 is 26.8. The predicted molar refractivity (Wildman–Crippen MR) is 140 cm³/mol. The zero-order valence-electron chi connectivity index (χ0n) is 21.1. The molecule has 200 valence electrons. The molecule has 0 radical (unpaired) electrons. The third-order valence-electron chi connectivity index (χ3n) is 5.22. The fourth-order valence-corrected chi connectivity index (χ4v) is 5.62. The van der Waals surface area contributed by atoms with E-state index in [9.17, 15) is 14.2 Å². The maximum atomic E-state index is 14.0. The van der Waals surface area contributed by atoms with Crippen LogP contribution in [0, 0.1) is 0 Å². The molecule has 14 heteroatoms. The maximum absolute atomic E-state index is 14.0. The van der Waals surface area contributed by atoms with Crippen molar-refractivity contribution in [1.82, 2.24) is 29.7 Å². The van der Waals surface area contributed by atoms with Gasteiger partial charge in [-0.1, -0.05) is 18.5 Å². The van der Waals surface area contributed by atoms with Gasteiger partial charge in [0.1, 0.15) is 23.7 Å². The molecule has 0 bridgehead atoms. The molecule has 2 heterocycles. The van der Waals surface area contributed by atoms with E-state index in [0.717, 1.165) is 0 Å². The van der Waals surface area contributed by atoms with E-state index in [1.165, 1.54) is 32.3 Å². The van der Waals surface area contributed by atoms with Gasteiger partial charge in [-0.05, 0) is 51.5 Å². The molecule has 1 aromatic carbocycles. The number of amides is 1. The molecule has 0 aliphatic carbocycles. The number of hydrogen-bond donors (Lipinski definition) is 3. The van der Waals surface area contributed by atoms with Gasteiger partial charge in [0, 0.05) is 10.6 Å². The highest BCUT2D eigenvalue weighted by atomic mass is 35.5. The molecule has 0 saturated heterocycles. The number of aromatic nitrogens is 4. The van der Waals surface area contributed by atoms with E-state index in [0.29, 0.717) is 29.2 Å². The van der Waals surface area contributed by atoms with Gasteiger partial charge in [-0.15, -0.1) is 0 Å². The normalized spacial score (nSPS) is 14.2. The first-order valence-electron chi connectivity index (χ1n) is 11.6. The second kappa shape index (κ2) is 12.0. The Hall–Kier alpha value is -3.05. The summed E-state index contributed by atoms with van der Waals surface area (Å²) in [5.74, 6) is -0.965. The van der Waals surface area contributed by atoms with Crippen LogP contribution in [-0.4, -0.2) is 56.0 Å². The first-order chi connectivity index (χ1) is 17.4. The Bertz CT molecular complexity index is 1300. The minimum Gasteiger partial charge on any atom is -0.464 e. The fourth-order valence-electron chi connectivity index (χ4n) is 3.39. The van der Waals surface area contributed by atoms with Crippen LogP contribution in [0.1, 0.15) is 44.5 Å². The minimum atomic E-state index is -3.84. The van der Waals surface area contributed by atoms with Crippen molar-refractivity contribution in [3.8, 4) is 0 Å². The number of anilines is 1. The second-order valence-electron chi connectivity index (χ2n) is 8.99. The molecule has 3 aromatic rings. The highest BCUT2D eigenvalue weighted by molar-refractivity contribution is 7.60. The number of nitrogens with one attached hydrogen (secondary N) is 2. The van der Waals surface area contributed by atoms with Gasteiger partial charge in [0.2, 0.25) is 0 Å². The smallest absolute Gasteiger partial charge is 0.326 e. The van der Waals surface area contributed by atoms with E-state index in [1.54, 1.807) is 30.0 Å². The Balaban J connectivity index is 1.76. The number of carbonyl (C=O) groups is 2. The monoisotopic (exact) mass is 551 g/mol. The van der Waals surface area contributed by atoms with Crippen molar-refractivity contribution in [3.63, 3.8) is 0 Å². The number of halogens is 1. The van der Waals surface area contributed by atoms with Gasteiger partial charge in [0.25, 0.3) is 13.4 Å². The number of fused-ring (bicyclic) bond motifs is 1. The van der Waals surface area contributed by atoms with Gasteiger partial charge in [0.15, 0.2) is 11.5 Å². The highest BCUT2D eigenvalue weighted by Crippen LogP contribution is 2.40. The average molecular weight is 552 g/mol. The van der Waals surface area contributed by atoms with Crippen molar-refractivity contribution in [2.24, 2.45) is 0 Å². The summed E-state index contributed by atoms with van der Waals surface area (Å²) in [6.07, 6.45) is 2.65. The maximum Gasteiger partial charge on any atom is 0.326 e. The first-order valence-corrected chi connectivity index (χ1v) is 13.9. The van der Waals surface area contributed by atoms with Crippen molar-refractivity contribution in [2.45, 2.75) is 52.3 Å². The first kappa shape index (κ1) is 28.5. The molecule has 1 amide bonds. The number of carbonyl (C=O) groups excluding carboxylic acids is 2. The molecule has 2 aromatic heterocycles.